The number of allylic oxidation sites excluding steroid dienone is 4. The molecule has 15 rings (SSSR count). The van der Waals surface area contributed by atoms with E-state index in [-0.39, 0.29) is 5.92 Å². The van der Waals surface area contributed by atoms with Crippen molar-refractivity contribution in [1.82, 2.24) is 19.5 Å². The Morgan fingerprint density at radius 2 is 0.933 bits per heavy atom. The minimum Gasteiger partial charge on any atom is -0.456 e. The van der Waals surface area contributed by atoms with Crippen LogP contribution in [0, 0.1) is 0 Å². The second kappa shape index (κ2) is 17.6. The monoisotopic (exact) mass is 976 g/mol. The maximum absolute atomic E-state index is 6.44. The fourth-order valence-corrected chi connectivity index (χ4v) is 12.8. The first kappa shape index (κ1) is 43.1. The molecule has 1 unspecified atom stereocenters. The van der Waals surface area contributed by atoms with E-state index in [0.29, 0.717) is 11.6 Å². The van der Waals surface area contributed by atoms with Gasteiger partial charge in [-0.25, -0.2) is 15.0 Å². The number of rotatable bonds is 8. The molecule has 0 saturated heterocycles. The summed E-state index contributed by atoms with van der Waals surface area (Å²) in [6.07, 6.45) is 9.40. The van der Waals surface area contributed by atoms with E-state index in [2.05, 4.69) is 229 Å². The van der Waals surface area contributed by atoms with Crippen LogP contribution in [0.15, 0.2) is 253 Å². The van der Waals surface area contributed by atoms with Gasteiger partial charge in [0, 0.05) is 69.9 Å². The lowest BCUT2D eigenvalue weighted by Crippen LogP contribution is -2.08. The van der Waals surface area contributed by atoms with Gasteiger partial charge in [0.15, 0.2) is 11.6 Å². The molecule has 1 aliphatic carbocycles. The van der Waals surface area contributed by atoms with Gasteiger partial charge in [0.2, 0.25) is 0 Å². The molecule has 5 nitrogen and oxygen atoms in total. The average Bonchev–Trinajstić information content (AvgIpc) is 4.18. The first-order valence-electron chi connectivity index (χ1n) is 25.5. The van der Waals surface area contributed by atoms with Crippen LogP contribution in [0.1, 0.15) is 18.2 Å². The normalized spacial score (nSPS) is 13.6. The van der Waals surface area contributed by atoms with Crippen molar-refractivity contribution in [2.24, 2.45) is 0 Å². The van der Waals surface area contributed by atoms with E-state index in [4.69, 9.17) is 19.4 Å². The van der Waals surface area contributed by atoms with E-state index in [1.807, 2.05) is 35.6 Å². The summed E-state index contributed by atoms with van der Waals surface area (Å²) in [4.78, 5) is 15.9. The fraction of sp³-hybridized carbons (Fsp3) is 0.0290. The summed E-state index contributed by atoms with van der Waals surface area (Å²) in [6, 6.07) is 80.6. The predicted octanol–water partition coefficient (Wildman–Crippen LogP) is 18.8. The van der Waals surface area contributed by atoms with Crippen LogP contribution in [0.4, 0.5) is 0 Å². The van der Waals surface area contributed by atoms with Gasteiger partial charge in [-0.3, -0.25) is 0 Å². The fourth-order valence-electron chi connectivity index (χ4n) is 11.4. The maximum Gasteiger partial charge on any atom is 0.163 e. The van der Waals surface area contributed by atoms with Crippen molar-refractivity contribution in [2.45, 2.75) is 12.3 Å². The molecule has 0 radical (unpaired) electrons. The largest absolute Gasteiger partial charge is 0.456 e. The first-order chi connectivity index (χ1) is 37.2. The Kier molecular flexibility index (Phi) is 10.1. The van der Waals surface area contributed by atoms with Crippen LogP contribution in [-0.4, -0.2) is 19.5 Å². The number of aromatic nitrogens is 4. The summed E-state index contributed by atoms with van der Waals surface area (Å²) in [5.41, 5.74) is 15.9. The highest BCUT2D eigenvalue weighted by atomic mass is 32.1. The van der Waals surface area contributed by atoms with Crippen molar-refractivity contribution in [1.29, 1.82) is 0 Å². The molecule has 4 heterocycles. The highest BCUT2D eigenvalue weighted by Crippen LogP contribution is 2.50. The van der Waals surface area contributed by atoms with Gasteiger partial charge in [0.05, 0.1) is 16.7 Å². The third-order valence-electron chi connectivity index (χ3n) is 15.0. The zero-order chi connectivity index (χ0) is 49.4. The highest BCUT2D eigenvalue weighted by Gasteiger charge is 2.26. The van der Waals surface area contributed by atoms with E-state index in [1.54, 1.807) is 0 Å². The Labute approximate surface area is 436 Å². The van der Waals surface area contributed by atoms with Crippen LogP contribution in [0.5, 0.6) is 0 Å². The van der Waals surface area contributed by atoms with Crippen molar-refractivity contribution < 1.29 is 4.42 Å². The average molecular weight is 977 g/mol. The number of hydrogen-bond acceptors (Lipinski definition) is 5. The van der Waals surface area contributed by atoms with Gasteiger partial charge < -0.3 is 8.98 Å². The lowest BCUT2D eigenvalue weighted by molar-refractivity contribution is 0.669. The Morgan fingerprint density at radius 3 is 1.57 bits per heavy atom. The molecule has 1 atom stereocenters. The Morgan fingerprint density at radius 1 is 0.400 bits per heavy atom. The van der Waals surface area contributed by atoms with Crippen LogP contribution in [0.25, 0.3) is 137 Å². The molecular formula is C69H44N4OS. The number of furan rings is 1. The number of benzene rings is 10. The van der Waals surface area contributed by atoms with Crippen LogP contribution < -0.4 is 0 Å². The van der Waals surface area contributed by atoms with Crippen LogP contribution in [-0.2, 0) is 0 Å². The third-order valence-corrected chi connectivity index (χ3v) is 16.2. The van der Waals surface area contributed by atoms with Crippen molar-refractivity contribution >= 4 is 75.3 Å². The second-order valence-electron chi connectivity index (χ2n) is 19.4. The van der Waals surface area contributed by atoms with E-state index < -0.39 is 0 Å². The van der Waals surface area contributed by atoms with Crippen LogP contribution >= 0.6 is 11.3 Å². The number of hydrogen-bond donors (Lipinski definition) is 0. The van der Waals surface area contributed by atoms with Gasteiger partial charge in [-0.15, -0.1) is 11.3 Å². The number of fused-ring (bicyclic) bond motifs is 11. The smallest absolute Gasteiger partial charge is 0.163 e. The van der Waals surface area contributed by atoms with Gasteiger partial charge in [-0.05, 0) is 82.3 Å². The summed E-state index contributed by atoms with van der Waals surface area (Å²) < 4.78 is 11.5. The van der Waals surface area contributed by atoms with E-state index in [0.717, 1.165) is 90.0 Å². The summed E-state index contributed by atoms with van der Waals surface area (Å²) in [5, 5.41) is 7.22. The molecule has 1 aliphatic rings. The van der Waals surface area contributed by atoms with Crippen LogP contribution in [0.2, 0.25) is 0 Å². The number of thiophene rings is 1. The first-order valence-corrected chi connectivity index (χ1v) is 26.3. The van der Waals surface area contributed by atoms with Gasteiger partial charge in [-0.2, -0.15) is 0 Å². The molecule has 4 aromatic heterocycles. The molecular weight excluding hydrogens is 933 g/mol. The Hall–Kier alpha value is -9.49. The quantitative estimate of drug-likeness (QED) is 0.152. The molecule has 352 valence electrons. The van der Waals surface area contributed by atoms with E-state index in [9.17, 15) is 0 Å². The Bertz CT molecular complexity index is 4480. The predicted molar refractivity (Wildman–Crippen MR) is 313 cm³/mol. The summed E-state index contributed by atoms with van der Waals surface area (Å²) in [6.45, 7) is 0. The molecule has 0 amide bonds. The summed E-state index contributed by atoms with van der Waals surface area (Å²) >= 11 is 1.87. The zero-order valence-electron chi connectivity index (χ0n) is 40.6. The molecule has 0 saturated carbocycles. The minimum atomic E-state index is 0.0140. The second-order valence-corrected chi connectivity index (χ2v) is 20.4. The van der Waals surface area contributed by atoms with Crippen molar-refractivity contribution in [2.75, 3.05) is 0 Å². The summed E-state index contributed by atoms with van der Waals surface area (Å²) in [5.74, 6) is 2.05. The zero-order valence-corrected chi connectivity index (χ0v) is 41.4. The topological polar surface area (TPSA) is 56.7 Å². The summed E-state index contributed by atoms with van der Waals surface area (Å²) in [7, 11) is 0. The molecule has 0 fully saturated rings. The molecule has 0 N–H and O–H groups in total. The van der Waals surface area contributed by atoms with Gasteiger partial charge in [0.1, 0.15) is 17.0 Å². The van der Waals surface area contributed by atoms with E-state index >= 15 is 0 Å². The van der Waals surface area contributed by atoms with E-state index in [1.165, 1.54) is 47.5 Å². The minimum absolute atomic E-state index is 0.0140. The number of nitrogens with zero attached hydrogens (tertiary/aromatic N) is 4. The van der Waals surface area contributed by atoms with Crippen molar-refractivity contribution in [3.05, 3.63) is 255 Å². The van der Waals surface area contributed by atoms with Gasteiger partial charge in [-0.1, -0.05) is 206 Å². The van der Waals surface area contributed by atoms with Crippen molar-refractivity contribution in [3.8, 4) is 73.0 Å². The molecule has 0 spiro atoms. The Balaban J connectivity index is 1.05. The molecule has 6 heteroatoms. The third kappa shape index (κ3) is 7.25. The SMILES string of the molecule is C1=CCC(c2nc(-c3ccccc3)nc(-c3cc(-c4ccc(-c5ccccc5)cc4)c(-n4c5ccccc5c5c6sc7c(ccc8oc9ccccc9c87)c6ccc54)c(-c4ccc(-c5ccccc5)cc4)c3)n2)C=C1. The number of para-hydroxylation sites is 2. The molecule has 10 aromatic carbocycles. The lowest BCUT2D eigenvalue weighted by Gasteiger charge is -2.22. The van der Waals surface area contributed by atoms with Crippen LogP contribution in [0.3, 0.4) is 0 Å². The van der Waals surface area contributed by atoms with Crippen molar-refractivity contribution in [3.63, 3.8) is 0 Å². The lowest BCUT2D eigenvalue weighted by atomic mass is 9.91. The highest BCUT2D eigenvalue weighted by molar-refractivity contribution is 7.27. The molecule has 14 aromatic rings. The maximum atomic E-state index is 6.44. The standard InChI is InChI=1S/C69H44N4OS/c1-5-17-43(18-6-1)45-29-33-47(34-30-45)56-41-51(69-71-67(49-21-9-3-10-22-49)70-68(72-69)50-23-11-4-12-24-50)42-57(48-35-31-46(32-36-48)44-19-7-2-8-20-44)64(56)73-58-27-15-13-25-54(58)62-59(73)39-37-52-53-38-40-61-63(66(53)75-65(52)62)55-26-14-16-28-60(55)74-61/h1-23,25-42,50H,24H2. The molecule has 0 aliphatic heterocycles. The van der Waals surface area contributed by atoms with Gasteiger partial charge in [0.25, 0.3) is 0 Å². The molecule has 0 bridgehead atoms. The molecule has 75 heavy (non-hydrogen) atoms. The van der Waals surface area contributed by atoms with Gasteiger partial charge >= 0.3 is 0 Å².